The number of Topliss-reactive ketones (excluding diaryl/α,β-unsaturated/α-hetero) is 5. The lowest BCUT2D eigenvalue weighted by Crippen LogP contribution is -1.97. The largest absolute Gasteiger partial charge is 0.496 e. The van der Waals surface area contributed by atoms with Crippen molar-refractivity contribution in [3.05, 3.63) is 397 Å². The Hall–Kier alpha value is -15.0. The topological polar surface area (TPSA) is 288 Å². The van der Waals surface area contributed by atoms with Gasteiger partial charge in [0.05, 0.1) is 84.4 Å². The Balaban J connectivity index is 0.000000117. The zero-order chi connectivity index (χ0) is 88.8. The minimum Gasteiger partial charge on any atom is -0.496 e. The van der Waals surface area contributed by atoms with Crippen molar-refractivity contribution < 1.29 is 48.0 Å². The fourth-order valence-corrected chi connectivity index (χ4v) is 16.4. The number of rotatable bonds is 14. The summed E-state index contributed by atoms with van der Waals surface area (Å²) >= 11 is 5.91. The van der Waals surface area contributed by atoms with Crippen LogP contribution in [0.5, 0.6) is 11.5 Å². The van der Waals surface area contributed by atoms with Gasteiger partial charge in [-0.1, -0.05) is 168 Å². The predicted octanol–water partition coefficient (Wildman–Crippen LogP) is 21.4. The van der Waals surface area contributed by atoms with Crippen LogP contribution in [0.15, 0.2) is 252 Å². The molecule has 0 atom stereocenters. The molecule has 10 aromatic carbocycles. The van der Waals surface area contributed by atoms with E-state index >= 15 is 0 Å². The highest BCUT2D eigenvalue weighted by Gasteiger charge is 2.31. The second-order valence-electron chi connectivity index (χ2n) is 32.4. The van der Waals surface area contributed by atoms with E-state index < -0.39 is 5.82 Å². The van der Waals surface area contributed by atoms with Crippen molar-refractivity contribution in [3.63, 3.8) is 0 Å². The number of aryl methyl sites for hydroxylation is 7. The number of allylic oxidation sites excluding steroid dienone is 5. The molecule has 0 radical (unpaired) electrons. The van der Waals surface area contributed by atoms with E-state index in [1.165, 1.54) is 28.3 Å². The Labute approximate surface area is 738 Å². The van der Waals surface area contributed by atoms with Crippen molar-refractivity contribution in [1.29, 1.82) is 0 Å². The number of aliphatic hydroxyl groups excluding tert-OH is 2. The smallest absolute Gasteiger partial charge is 0.189 e. The number of benzene rings is 10. The van der Waals surface area contributed by atoms with Crippen LogP contribution in [0.2, 0.25) is 5.02 Å². The molecule has 0 bridgehead atoms. The number of carbonyl (C=O) groups excluding carboxylic acids is 5. The average molecular weight is 1700 g/mol. The zero-order valence-electron chi connectivity index (χ0n) is 71.4. The molecule has 0 amide bonds. The number of aromatic amines is 5. The maximum absolute atomic E-state index is 14.2. The lowest BCUT2D eigenvalue weighted by Gasteiger charge is -2.06. The summed E-state index contributed by atoms with van der Waals surface area (Å²) in [7, 11) is 3.29. The molecule has 5 heterocycles. The lowest BCUT2D eigenvalue weighted by molar-refractivity contribution is 0.103. The van der Waals surface area contributed by atoms with Gasteiger partial charge >= 0.3 is 0 Å². The number of nitrogens with zero attached hydrogens (tertiary/aromatic N) is 5. The van der Waals surface area contributed by atoms with Crippen LogP contribution in [0.1, 0.15) is 158 Å². The number of carbonyl (C=O) groups is 5. The van der Waals surface area contributed by atoms with Gasteiger partial charge in [-0.05, 0) is 225 Å². The van der Waals surface area contributed by atoms with Crippen LogP contribution in [0.25, 0.3) is 86.7 Å². The molecule has 21 heteroatoms. The molecule has 0 aliphatic heterocycles. The van der Waals surface area contributed by atoms with E-state index in [0.29, 0.717) is 65.2 Å². The van der Waals surface area contributed by atoms with E-state index in [1.807, 2.05) is 222 Å². The molecule has 0 saturated carbocycles. The summed E-state index contributed by atoms with van der Waals surface area (Å²) < 4.78 is 24.9. The number of ketones is 5. The summed E-state index contributed by atoms with van der Waals surface area (Å²) in [6.07, 6.45) is 12.5. The van der Waals surface area contributed by atoms with Crippen LogP contribution in [-0.4, -0.2) is 104 Å². The molecule has 15 aromatic rings. The number of fused-ring (bicyclic) bond motifs is 5. The molecular formula is C106H90ClFN10O9. The zero-order valence-corrected chi connectivity index (χ0v) is 72.2. The van der Waals surface area contributed by atoms with Crippen LogP contribution in [0, 0.1) is 54.3 Å². The molecule has 7 N–H and O–H groups in total. The standard InChI is InChI=1S/C22H20N2O3.C22H20N2O.C21H17FN2O2.C21H18N2O2.C20H15ClN2O/c1-13-7-19-16(10-21(13)27-2)8-17(22(19)26)9-18-11-20(24-23-18)15-5-3-14(12-25)4-6-15;1-13-4-7-20-17(8-13)10-18(22(20)25)11-19-12-21(24-23-19)16-6-5-14(2)15(3)9-16;1-12-2-4-17-14(6-12)8-15(21(17)26)9-16-10-20(24-23-16)18-5-3-13(11-25)7-19(18)22;1-13-8-18-15(11-20(13)25-2)9-16(21(18)24)10-17-12-19(23-22-17)14-6-4-3-5-7-14;1-12-2-7-18-14(8-12)9-15(20(18)24)10-17-11-19(23-22-17)13-3-5-16(21)6-4-13/h3-7,9-11,25H,8,12H2,1-2H3,(H,23,24);4-9,11-12H,10H2,1-3H3,(H,23,24);2-7,9-10,25H,8,11H2,1H3,(H,23,24);3-8,10-12H,9H2,1-2H3,(H,22,23);2-8,10-11H,9H2,1H3,(H,22,23)/b17-9+;18-11+;15-9+;16-10+;15-10+. The van der Waals surface area contributed by atoms with Crippen LogP contribution in [0.3, 0.4) is 0 Å². The Kier molecular flexibility index (Phi) is 25.1. The van der Waals surface area contributed by atoms with Gasteiger partial charge in [-0.3, -0.25) is 49.5 Å². The van der Waals surface area contributed by atoms with E-state index in [9.17, 15) is 28.4 Å². The molecule has 0 fully saturated rings. The first kappa shape index (κ1) is 85.6. The van der Waals surface area contributed by atoms with Gasteiger partial charge in [-0.2, -0.15) is 25.5 Å². The van der Waals surface area contributed by atoms with Crippen LogP contribution in [0.4, 0.5) is 4.39 Å². The van der Waals surface area contributed by atoms with Gasteiger partial charge in [0.25, 0.3) is 0 Å². The third-order valence-corrected chi connectivity index (χ3v) is 23.4. The highest BCUT2D eigenvalue weighted by molar-refractivity contribution is 6.30. The molecule has 632 valence electrons. The van der Waals surface area contributed by atoms with Gasteiger partial charge in [-0.25, -0.2) is 4.39 Å². The van der Waals surface area contributed by atoms with Crippen molar-refractivity contribution in [2.45, 2.75) is 93.8 Å². The SMILES string of the molecule is COc1cc2c(cc1C)C(=O)/C(=C/c1cc(-c3ccc(CO)cc3)n[nH]1)C2.COc1cc2c(cc1C)C(=O)/C(=C/c1cc(-c3ccccc3)n[nH]1)C2.Cc1ccc2c(c1)C/C(=C\c1cc(-c3ccc(C)c(C)c3)n[nH]1)C2=O.Cc1ccc2c(c1)C/C(=C\c1cc(-c3ccc(CO)cc3F)n[nH]1)C2=O.Cc1ccc2c(c1)C/C(=C\c1cc(-c3ccc(Cl)cc3)n[nH]1)C2=O. The number of hydrogen-bond donors (Lipinski definition) is 7. The molecule has 20 rings (SSSR count). The molecule has 0 unspecified atom stereocenters. The van der Waals surface area contributed by atoms with Crippen LogP contribution < -0.4 is 9.47 Å². The second kappa shape index (κ2) is 37.2. The Morgan fingerprint density at radius 2 is 0.646 bits per heavy atom. The second-order valence-corrected chi connectivity index (χ2v) is 32.8. The van der Waals surface area contributed by atoms with Crippen molar-refractivity contribution in [1.82, 2.24) is 51.0 Å². The highest BCUT2D eigenvalue weighted by atomic mass is 35.5. The van der Waals surface area contributed by atoms with Gasteiger partial charge in [0.15, 0.2) is 28.9 Å². The summed E-state index contributed by atoms with van der Waals surface area (Å²) in [5, 5.41) is 55.4. The maximum atomic E-state index is 14.2. The third kappa shape index (κ3) is 19.1. The summed E-state index contributed by atoms with van der Waals surface area (Å²) in [5.41, 5.74) is 34.5. The number of hydrogen-bond acceptors (Lipinski definition) is 14. The number of ether oxygens (including phenoxy) is 2. The minimum absolute atomic E-state index is 0.0190. The summed E-state index contributed by atoms with van der Waals surface area (Å²) in [5.74, 6) is 1.57. The van der Waals surface area contributed by atoms with Crippen molar-refractivity contribution >= 4 is 70.9 Å². The number of aliphatic hydroxyl groups is 2. The lowest BCUT2D eigenvalue weighted by atomic mass is 10.0. The van der Waals surface area contributed by atoms with E-state index in [1.54, 1.807) is 38.5 Å². The van der Waals surface area contributed by atoms with E-state index in [-0.39, 0.29) is 42.1 Å². The van der Waals surface area contributed by atoms with Gasteiger partial charge in [0.2, 0.25) is 0 Å². The number of halogens is 2. The van der Waals surface area contributed by atoms with Crippen LogP contribution in [-0.2, 0) is 45.3 Å². The Morgan fingerprint density at radius 3 is 1.02 bits per heavy atom. The Bertz CT molecular complexity index is 7010. The first-order valence-corrected chi connectivity index (χ1v) is 41.9. The normalized spacial score (nSPS) is 14.9. The molecule has 0 spiro atoms. The first-order valence-electron chi connectivity index (χ1n) is 41.6. The Morgan fingerprint density at radius 1 is 0.323 bits per heavy atom. The van der Waals surface area contributed by atoms with E-state index in [0.717, 1.165) is 179 Å². The fourth-order valence-electron chi connectivity index (χ4n) is 16.3. The third-order valence-electron chi connectivity index (χ3n) is 23.2. The monoisotopic (exact) mass is 1700 g/mol. The minimum atomic E-state index is -0.443. The summed E-state index contributed by atoms with van der Waals surface area (Å²) in [6.45, 7) is 14.0. The van der Waals surface area contributed by atoms with Gasteiger partial charge in [-0.15, -0.1) is 0 Å². The number of aromatic nitrogens is 10. The van der Waals surface area contributed by atoms with Crippen molar-refractivity contribution in [2.24, 2.45) is 0 Å². The average Bonchev–Trinajstić information content (AvgIpc) is 1.65. The molecule has 5 aromatic heterocycles. The number of methoxy groups -OCH3 is 2. The van der Waals surface area contributed by atoms with E-state index in [4.69, 9.17) is 31.3 Å². The summed E-state index contributed by atoms with van der Waals surface area (Å²) in [6, 6.07) is 71.0. The predicted molar refractivity (Wildman–Crippen MR) is 495 cm³/mol. The highest BCUT2D eigenvalue weighted by Crippen LogP contribution is 2.39. The van der Waals surface area contributed by atoms with Gasteiger partial charge in [0, 0.05) is 121 Å². The molecule has 19 nitrogen and oxygen atoms in total. The van der Waals surface area contributed by atoms with Crippen LogP contribution >= 0.6 is 11.6 Å². The summed E-state index contributed by atoms with van der Waals surface area (Å²) in [4.78, 5) is 63.0. The number of H-pyrrole nitrogens is 5. The van der Waals surface area contributed by atoms with Gasteiger partial charge in [0.1, 0.15) is 17.3 Å². The maximum Gasteiger partial charge on any atom is 0.189 e. The molecular weight excluding hydrogens is 1610 g/mol. The van der Waals surface area contributed by atoms with Gasteiger partial charge < -0.3 is 19.7 Å². The molecule has 5 aliphatic carbocycles. The molecule has 127 heavy (non-hydrogen) atoms. The molecule has 0 saturated heterocycles. The number of nitrogens with one attached hydrogen (secondary N) is 5. The first-order chi connectivity index (χ1) is 61.4. The van der Waals surface area contributed by atoms with Crippen molar-refractivity contribution in [3.8, 4) is 67.8 Å². The fraction of sp³-hybridized carbons (Fsp3) is 0.151. The van der Waals surface area contributed by atoms with Crippen molar-refractivity contribution in [2.75, 3.05) is 14.2 Å². The quantitative estimate of drug-likeness (QED) is 0.0499. The van der Waals surface area contributed by atoms with E-state index in [2.05, 4.69) is 102 Å². The molecule has 5 aliphatic rings.